The molecule has 1 N–H and O–H groups in total. The average molecular weight is 276 g/mol. The van der Waals surface area contributed by atoms with E-state index in [4.69, 9.17) is 4.74 Å². The maximum Gasteiger partial charge on any atom is 0.125 e. The van der Waals surface area contributed by atoms with Gasteiger partial charge < -0.3 is 9.84 Å². The average Bonchev–Trinajstić information content (AvgIpc) is 2.84. The van der Waals surface area contributed by atoms with Gasteiger partial charge in [-0.25, -0.2) is 0 Å². The van der Waals surface area contributed by atoms with Gasteiger partial charge in [-0.05, 0) is 44.0 Å². The van der Waals surface area contributed by atoms with E-state index in [0.29, 0.717) is 6.61 Å². The van der Waals surface area contributed by atoms with Crippen LogP contribution in [0, 0.1) is 6.92 Å². The van der Waals surface area contributed by atoms with Crippen molar-refractivity contribution < 1.29 is 9.84 Å². The number of benzene rings is 1. The van der Waals surface area contributed by atoms with Gasteiger partial charge >= 0.3 is 0 Å². The Bertz CT molecular complexity index is 543. The Hall–Kier alpha value is -1.32. The van der Waals surface area contributed by atoms with E-state index in [2.05, 4.69) is 19.1 Å². The van der Waals surface area contributed by atoms with Gasteiger partial charge in [-0.1, -0.05) is 19.1 Å². The van der Waals surface area contributed by atoms with Crippen LogP contribution in [-0.2, 0) is 13.0 Å². The predicted octanol–water partition coefficient (Wildman–Crippen LogP) is 4.25. The van der Waals surface area contributed by atoms with E-state index in [1.807, 2.05) is 25.1 Å². The molecule has 2 nitrogen and oxygen atoms in total. The molecular weight excluding hydrogens is 256 g/mol. The van der Waals surface area contributed by atoms with Crippen molar-refractivity contribution >= 4 is 11.3 Å². The van der Waals surface area contributed by atoms with Gasteiger partial charge in [-0.15, -0.1) is 11.3 Å². The Labute approximate surface area is 118 Å². The summed E-state index contributed by atoms with van der Waals surface area (Å²) >= 11 is 1.78. The third-order valence-corrected chi connectivity index (χ3v) is 4.26. The molecule has 0 saturated heterocycles. The lowest BCUT2D eigenvalue weighted by atomic mass is 10.1. The van der Waals surface area contributed by atoms with Crippen molar-refractivity contribution in [1.29, 1.82) is 0 Å². The third kappa shape index (κ3) is 3.58. The lowest BCUT2D eigenvalue weighted by Gasteiger charge is -2.13. The summed E-state index contributed by atoms with van der Waals surface area (Å²) < 4.78 is 5.87. The maximum atomic E-state index is 9.76. The molecule has 0 aliphatic heterocycles. The lowest BCUT2D eigenvalue weighted by Crippen LogP contribution is -2.00. The number of aryl methyl sites for hydroxylation is 2. The summed E-state index contributed by atoms with van der Waals surface area (Å²) in [5.74, 6) is 0.779. The van der Waals surface area contributed by atoms with Crippen LogP contribution in [0.1, 0.15) is 40.8 Å². The Kier molecular flexibility index (Phi) is 4.61. The molecule has 0 radical (unpaired) electrons. The largest absolute Gasteiger partial charge is 0.488 e. The Balaban J connectivity index is 2.12. The SMILES string of the molecule is CCc1ccc(COc2cc(C)ccc2C(C)O)s1. The first-order valence-corrected chi connectivity index (χ1v) is 7.40. The molecule has 1 aromatic heterocycles. The molecular formula is C16H20O2S. The molecule has 1 aromatic carbocycles. The number of aliphatic hydroxyl groups excluding tert-OH is 1. The van der Waals surface area contributed by atoms with Crippen LogP contribution in [-0.4, -0.2) is 5.11 Å². The normalized spacial score (nSPS) is 12.4. The summed E-state index contributed by atoms with van der Waals surface area (Å²) in [5.41, 5.74) is 1.98. The van der Waals surface area contributed by atoms with Crippen molar-refractivity contribution in [3.05, 3.63) is 51.2 Å². The fourth-order valence-electron chi connectivity index (χ4n) is 1.95. The second-order valence-corrected chi connectivity index (χ2v) is 5.98. The van der Waals surface area contributed by atoms with Crippen molar-refractivity contribution in [2.24, 2.45) is 0 Å². The molecule has 0 bridgehead atoms. The van der Waals surface area contributed by atoms with Crippen LogP contribution in [0.2, 0.25) is 0 Å². The van der Waals surface area contributed by atoms with Gasteiger partial charge in [0.05, 0.1) is 6.10 Å². The van der Waals surface area contributed by atoms with Crippen molar-refractivity contribution in [1.82, 2.24) is 0 Å². The Morgan fingerprint density at radius 3 is 2.58 bits per heavy atom. The first kappa shape index (κ1) is 14.1. The first-order chi connectivity index (χ1) is 9.10. The van der Waals surface area contributed by atoms with Crippen molar-refractivity contribution in [3.8, 4) is 5.75 Å². The smallest absolute Gasteiger partial charge is 0.125 e. The zero-order valence-corrected chi connectivity index (χ0v) is 12.5. The molecule has 0 saturated carbocycles. The summed E-state index contributed by atoms with van der Waals surface area (Å²) in [7, 11) is 0. The molecule has 0 fully saturated rings. The molecule has 0 aliphatic carbocycles. The number of ether oxygens (including phenoxy) is 1. The van der Waals surface area contributed by atoms with Gasteiger partial charge in [-0.2, -0.15) is 0 Å². The first-order valence-electron chi connectivity index (χ1n) is 6.59. The highest BCUT2D eigenvalue weighted by atomic mass is 32.1. The van der Waals surface area contributed by atoms with E-state index in [1.54, 1.807) is 18.3 Å². The fourth-order valence-corrected chi connectivity index (χ4v) is 2.82. The van der Waals surface area contributed by atoms with Crippen molar-refractivity contribution in [2.45, 2.75) is 39.9 Å². The van der Waals surface area contributed by atoms with Gasteiger partial charge in [0.15, 0.2) is 0 Å². The number of rotatable bonds is 5. The van der Waals surface area contributed by atoms with Gasteiger partial charge in [0.25, 0.3) is 0 Å². The Morgan fingerprint density at radius 2 is 1.95 bits per heavy atom. The molecule has 0 spiro atoms. The Morgan fingerprint density at radius 1 is 1.21 bits per heavy atom. The minimum atomic E-state index is -0.509. The van der Waals surface area contributed by atoms with Crippen LogP contribution in [0.3, 0.4) is 0 Å². The number of aliphatic hydroxyl groups is 1. The highest BCUT2D eigenvalue weighted by molar-refractivity contribution is 7.11. The van der Waals surface area contributed by atoms with Crippen molar-refractivity contribution in [2.75, 3.05) is 0 Å². The van der Waals surface area contributed by atoms with Crippen LogP contribution in [0.4, 0.5) is 0 Å². The van der Waals surface area contributed by atoms with E-state index < -0.39 is 6.10 Å². The summed E-state index contributed by atoms with van der Waals surface area (Å²) in [6, 6.07) is 10.2. The number of hydrogen-bond donors (Lipinski definition) is 1. The molecule has 2 rings (SSSR count). The molecule has 3 heteroatoms. The van der Waals surface area contributed by atoms with Crippen LogP contribution in [0.25, 0.3) is 0 Å². The molecule has 1 atom stereocenters. The van der Waals surface area contributed by atoms with E-state index in [0.717, 1.165) is 23.3 Å². The molecule has 2 aromatic rings. The topological polar surface area (TPSA) is 29.5 Å². The highest BCUT2D eigenvalue weighted by Gasteiger charge is 2.10. The standard InChI is InChI=1S/C16H20O2S/c1-4-13-6-7-14(19-13)10-18-16-9-11(2)5-8-15(16)12(3)17/h5-9,12,17H,4,10H2,1-3H3. The van der Waals surface area contributed by atoms with E-state index in [9.17, 15) is 5.11 Å². The number of thiophene rings is 1. The third-order valence-electron chi connectivity index (χ3n) is 3.05. The van der Waals surface area contributed by atoms with E-state index in [1.165, 1.54) is 9.75 Å². The second-order valence-electron chi connectivity index (χ2n) is 4.73. The van der Waals surface area contributed by atoms with Gasteiger partial charge in [0, 0.05) is 15.3 Å². The molecule has 19 heavy (non-hydrogen) atoms. The summed E-state index contributed by atoms with van der Waals surface area (Å²) in [6.07, 6.45) is 0.554. The van der Waals surface area contributed by atoms with Crippen molar-refractivity contribution in [3.63, 3.8) is 0 Å². The zero-order valence-electron chi connectivity index (χ0n) is 11.6. The minimum absolute atomic E-state index is 0.509. The van der Waals surface area contributed by atoms with E-state index >= 15 is 0 Å². The minimum Gasteiger partial charge on any atom is -0.488 e. The van der Waals surface area contributed by atoms with Crippen LogP contribution in [0.15, 0.2) is 30.3 Å². The lowest BCUT2D eigenvalue weighted by molar-refractivity contribution is 0.190. The molecule has 0 amide bonds. The quantitative estimate of drug-likeness (QED) is 0.884. The highest BCUT2D eigenvalue weighted by Crippen LogP contribution is 2.28. The van der Waals surface area contributed by atoms with Crippen LogP contribution in [0.5, 0.6) is 5.75 Å². The maximum absolute atomic E-state index is 9.76. The summed E-state index contributed by atoms with van der Waals surface area (Å²) in [4.78, 5) is 2.59. The van der Waals surface area contributed by atoms with E-state index in [-0.39, 0.29) is 0 Å². The molecule has 0 aliphatic rings. The zero-order chi connectivity index (χ0) is 13.8. The molecule has 1 heterocycles. The van der Waals surface area contributed by atoms with Gasteiger partial charge in [0.1, 0.15) is 12.4 Å². The van der Waals surface area contributed by atoms with Crippen LogP contribution < -0.4 is 4.74 Å². The monoisotopic (exact) mass is 276 g/mol. The molecule has 1 unspecified atom stereocenters. The van der Waals surface area contributed by atoms with Gasteiger partial charge in [0.2, 0.25) is 0 Å². The summed E-state index contributed by atoms with van der Waals surface area (Å²) in [5, 5.41) is 9.76. The number of hydrogen-bond acceptors (Lipinski definition) is 3. The molecule has 102 valence electrons. The fraction of sp³-hybridized carbons (Fsp3) is 0.375. The van der Waals surface area contributed by atoms with Crippen LogP contribution >= 0.6 is 11.3 Å². The van der Waals surface area contributed by atoms with Gasteiger partial charge in [-0.3, -0.25) is 0 Å². The predicted molar refractivity (Wildman–Crippen MR) is 79.8 cm³/mol. The second kappa shape index (κ2) is 6.22. The summed E-state index contributed by atoms with van der Waals surface area (Å²) in [6.45, 7) is 6.51.